The summed E-state index contributed by atoms with van der Waals surface area (Å²) >= 11 is 1.35. The summed E-state index contributed by atoms with van der Waals surface area (Å²) in [6, 6.07) is 14.1. The molecule has 0 bridgehead atoms. The van der Waals surface area contributed by atoms with Crippen molar-refractivity contribution in [2.45, 2.75) is 25.2 Å². The van der Waals surface area contributed by atoms with Crippen molar-refractivity contribution in [3.05, 3.63) is 65.0 Å². The van der Waals surface area contributed by atoms with Gasteiger partial charge in [-0.15, -0.1) is 11.3 Å². The van der Waals surface area contributed by atoms with Gasteiger partial charge in [-0.3, -0.25) is 10.1 Å². The standard InChI is InChI=1S/C23H24N2O4S2/c1-4-13-31(27,28)20-11-5-17(6-12-20)14-16(2)22(26)25-23-24-21(15-30-23)18-7-9-19(29-3)10-8-18/h5-12,14-15H,4,13H2,1-3H3,(H,24,25,26)/b16-14-. The van der Waals surface area contributed by atoms with Gasteiger partial charge in [0.1, 0.15) is 5.75 Å². The molecule has 0 aliphatic carbocycles. The number of ether oxygens (including phenoxy) is 1. The van der Waals surface area contributed by atoms with Crippen LogP contribution in [0.3, 0.4) is 0 Å². The van der Waals surface area contributed by atoms with Crippen LogP contribution in [0.5, 0.6) is 5.75 Å². The molecule has 0 atom stereocenters. The highest BCUT2D eigenvalue weighted by Gasteiger charge is 2.13. The van der Waals surface area contributed by atoms with Gasteiger partial charge in [-0.25, -0.2) is 13.4 Å². The number of anilines is 1. The van der Waals surface area contributed by atoms with E-state index in [2.05, 4.69) is 10.3 Å². The summed E-state index contributed by atoms with van der Waals surface area (Å²) in [6.07, 6.45) is 2.28. The summed E-state index contributed by atoms with van der Waals surface area (Å²) in [5.74, 6) is 0.623. The van der Waals surface area contributed by atoms with Crippen LogP contribution in [0, 0.1) is 0 Å². The van der Waals surface area contributed by atoms with Crippen LogP contribution < -0.4 is 10.1 Å². The molecule has 0 radical (unpaired) electrons. The Bertz CT molecular complexity index is 1180. The topological polar surface area (TPSA) is 85.4 Å². The zero-order valence-corrected chi connectivity index (χ0v) is 19.2. The number of thiazole rings is 1. The largest absolute Gasteiger partial charge is 0.497 e. The van der Waals surface area contributed by atoms with Crippen LogP contribution >= 0.6 is 11.3 Å². The molecule has 0 aliphatic heterocycles. The summed E-state index contributed by atoms with van der Waals surface area (Å²) in [5, 5.41) is 5.19. The number of amides is 1. The number of nitrogens with zero attached hydrogens (tertiary/aromatic N) is 1. The van der Waals surface area contributed by atoms with Gasteiger partial charge in [0.05, 0.1) is 23.5 Å². The van der Waals surface area contributed by atoms with Crippen molar-refractivity contribution in [1.82, 2.24) is 4.98 Å². The lowest BCUT2D eigenvalue weighted by atomic mass is 10.1. The summed E-state index contributed by atoms with van der Waals surface area (Å²) in [5.41, 5.74) is 2.95. The van der Waals surface area contributed by atoms with Crippen LogP contribution in [0.4, 0.5) is 5.13 Å². The molecule has 1 heterocycles. The maximum absolute atomic E-state index is 12.5. The van der Waals surface area contributed by atoms with Crippen LogP contribution in [0.2, 0.25) is 0 Å². The Balaban J connectivity index is 1.67. The van der Waals surface area contributed by atoms with Gasteiger partial charge in [-0.05, 0) is 61.4 Å². The van der Waals surface area contributed by atoms with Crippen molar-refractivity contribution in [3.8, 4) is 17.0 Å². The Morgan fingerprint density at radius 1 is 1.13 bits per heavy atom. The molecule has 2 aromatic carbocycles. The van der Waals surface area contributed by atoms with Crippen LogP contribution in [0.1, 0.15) is 25.8 Å². The van der Waals surface area contributed by atoms with E-state index in [0.717, 1.165) is 22.6 Å². The molecule has 0 aliphatic rings. The average molecular weight is 457 g/mol. The minimum Gasteiger partial charge on any atom is -0.497 e. The van der Waals surface area contributed by atoms with Crippen molar-refractivity contribution < 1.29 is 17.9 Å². The van der Waals surface area contributed by atoms with Crippen molar-refractivity contribution in [2.24, 2.45) is 0 Å². The molecule has 0 spiro atoms. The molecule has 31 heavy (non-hydrogen) atoms. The van der Waals surface area contributed by atoms with Gasteiger partial charge >= 0.3 is 0 Å². The van der Waals surface area contributed by atoms with Gasteiger partial charge in [0.2, 0.25) is 0 Å². The number of benzene rings is 2. The van der Waals surface area contributed by atoms with Crippen LogP contribution in [-0.2, 0) is 14.6 Å². The van der Waals surface area contributed by atoms with Crippen LogP contribution in [0.25, 0.3) is 17.3 Å². The van der Waals surface area contributed by atoms with Crippen molar-refractivity contribution in [1.29, 1.82) is 0 Å². The fourth-order valence-electron chi connectivity index (χ4n) is 2.89. The fourth-order valence-corrected chi connectivity index (χ4v) is 4.93. The molecular weight excluding hydrogens is 432 g/mol. The third-order valence-electron chi connectivity index (χ3n) is 4.56. The van der Waals surface area contributed by atoms with E-state index >= 15 is 0 Å². The number of carbonyl (C=O) groups is 1. The molecular formula is C23H24N2O4S2. The molecule has 3 rings (SSSR count). The molecule has 0 unspecified atom stereocenters. The third kappa shape index (κ3) is 5.80. The molecule has 1 aromatic heterocycles. The Hall–Kier alpha value is -2.97. The summed E-state index contributed by atoms with van der Waals surface area (Å²) in [7, 11) is -1.64. The molecule has 1 N–H and O–H groups in total. The quantitative estimate of drug-likeness (QED) is 0.480. The lowest BCUT2D eigenvalue weighted by Crippen LogP contribution is -2.12. The lowest BCUT2D eigenvalue weighted by molar-refractivity contribution is -0.112. The molecule has 0 saturated carbocycles. The average Bonchev–Trinajstić information content (AvgIpc) is 3.22. The molecule has 162 valence electrons. The lowest BCUT2D eigenvalue weighted by Gasteiger charge is -2.05. The Morgan fingerprint density at radius 3 is 2.42 bits per heavy atom. The summed E-state index contributed by atoms with van der Waals surface area (Å²) in [4.78, 5) is 17.3. The first-order chi connectivity index (χ1) is 14.8. The number of nitrogens with one attached hydrogen (secondary N) is 1. The SMILES string of the molecule is CCCS(=O)(=O)c1ccc(/C=C(/C)C(=O)Nc2nc(-c3ccc(OC)cc3)cs2)cc1. The maximum Gasteiger partial charge on any atom is 0.253 e. The molecule has 0 fully saturated rings. The van der Waals surface area contributed by atoms with Crippen LogP contribution in [-0.4, -0.2) is 32.2 Å². The van der Waals surface area contributed by atoms with Gasteiger partial charge in [0, 0.05) is 16.5 Å². The number of rotatable bonds is 8. The summed E-state index contributed by atoms with van der Waals surface area (Å²) < 4.78 is 29.4. The highest BCUT2D eigenvalue weighted by Crippen LogP contribution is 2.27. The van der Waals surface area contributed by atoms with Crippen LogP contribution in [0.15, 0.2) is 64.4 Å². The normalized spacial score (nSPS) is 11.9. The number of aromatic nitrogens is 1. The molecule has 1 amide bonds. The Morgan fingerprint density at radius 2 is 1.81 bits per heavy atom. The number of methoxy groups -OCH3 is 1. The van der Waals surface area contributed by atoms with Gasteiger partial charge in [0.15, 0.2) is 15.0 Å². The molecule has 6 nitrogen and oxygen atoms in total. The van der Waals surface area contributed by atoms with E-state index in [-0.39, 0.29) is 11.7 Å². The first kappa shape index (κ1) is 22.7. The van der Waals surface area contributed by atoms with Gasteiger partial charge in [0.25, 0.3) is 5.91 Å². The highest BCUT2D eigenvalue weighted by molar-refractivity contribution is 7.91. The van der Waals surface area contributed by atoms with E-state index < -0.39 is 9.84 Å². The molecule has 8 heteroatoms. The van der Waals surface area contributed by atoms with Crippen molar-refractivity contribution in [3.63, 3.8) is 0 Å². The molecule has 0 saturated heterocycles. The number of hydrogen-bond donors (Lipinski definition) is 1. The smallest absolute Gasteiger partial charge is 0.253 e. The van der Waals surface area contributed by atoms with E-state index in [9.17, 15) is 13.2 Å². The zero-order chi connectivity index (χ0) is 22.4. The second kappa shape index (κ2) is 9.89. The first-order valence-electron chi connectivity index (χ1n) is 9.75. The first-order valence-corrected chi connectivity index (χ1v) is 12.3. The fraction of sp³-hybridized carbons (Fsp3) is 0.217. The van der Waals surface area contributed by atoms with Gasteiger partial charge in [-0.1, -0.05) is 19.1 Å². The van der Waals surface area contributed by atoms with Gasteiger partial charge in [-0.2, -0.15) is 0 Å². The zero-order valence-electron chi connectivity index (χ0n) is 17.6. The van der Waals surface area contributed by atoms with E-state index in [4.69, 9.17) is 4.74 Å². The molecule has 3 aromatic rings. The summed E-state index contributed by atoms with van der Waals surface area (Å²) in [6.45, 7) is 3.54. The van der Waals surface area contributed by atoms with Crippen molar-refractivity contribution >= 4 is 38.3 Å². The third-order valence-corrected chi connectivity index (χ3v) is 7.26. The second-order valence-corrected chi connectivity index (χ2v) is 9.90. The number of hydrogen-bond acceptors (Lipinski definition) is 6. The predicted octanol–water partition coefficient (Wildman–Crippen LogP) is 5.04. The number of sulfone groups is 1. The van der Waals surface area contributed by atoms with E-state index in [1.165, 1.54) is 11.3 Å². The monoisotopic (exact) mass is 456 g/mol. The van der Waals surface area contributed by atoms with E-state index in [1.807, 2.05) is 36.6 Å². The van der Waals surface area contributed by atoms with Gasteiger partial charge < -0.3 is 4.74 Å². The van der Waals surface area contributed by atoms with Crippen molar-refractivity contribution in [2.75, 3.05) is 18.2 Å². The number of carbonyl (C=O) groups excluding carboxylic acids is 1. The second-order valence-electron chi connectivity index (χ2n) is 6.94. The van der Waals surface area contributed by atoms with E-state index in [1.54, 1.807) is 44.4 Å². The minimum atomic E-state index is -3.25. The Labute approximate surface area is 186 Å². The predicted molar refractivity (Wildman–Crippen MR) is 125 cm³/mol. The van der Waals surface area contributed by atoms with E-state index in [0.29, 0.717) is 22.0 Å². The Kier molecular flexibility index (Phi) is 7.25. The maximum atomic E-state index is 12.5. The highest BCUT2D eigenvalue weighted by atomic mass is 32.2. The minimum absolute atomic E-state index is 0.121.